The van der Waals surface area contributed by atoms with E-state index in [1.165, 1.54) is 13.2 Å². The molecule has 0 spiro atoms. The zero-order valence-electron chi connectivity index (χ0n) is 12.3. The molecule has 1 heterocycles. The number of phenols is 2. The van der Waals surface area contributed by atoms with Crippen molar-refractivity contribution in [2.75, 3.05) is 7.11 Å². The van der Waals surface area contributed by atoms with E-state index in [4.69, 9.17) is 17.0 Å². The molecule has 0 aliphatic carbocycles. The third kappa shape index (κ3) is 3.02. The first-order chi connectivity index (χ1) is 11.1. The average Bonchev–Trinajstić information content (AvgIpc) is 2.55. The van der Waals surface area contributed by atoms with Crippen LogP contribution in [-0.4, -0.2) is 27.3 Å². The van der Waals surface area contributed by atoms with Crippen LogP contribution in [0.2, 0.25) is 0 Å². The van der Waals surface area contributed by atoms with Gasteiger partial charge in [0.25, 0.3) is 0 Å². The molecule has 0 fully saturated rings. The van der Waals surface area contributed by atoms with Gasteiger partial charge in [0.15, 0.2) is 4.77 Å². The van der Waals surface area contributed by atoms with Crippen LogP contribution < -0.4 is 4.74 Å². The molecule has 0 saturated heterocycles. The Balaban J connectivity index is 2.21. The molecule has 0 amide bonds. The second-order valence-electron chi connectivity index (χ2n) is 4.91. The molecule has 0 radical (unpaired) electrons. The molecule has 6 heteroatoms. The minimum Gasteiger partial charge on any atom is -0.508 e. The number of nitrogens with one attached hydrogen (secondary N) is 1. The Hall–Kier alpha value is -2.86. The zero-order chi connectivity index (χ0) is 16.4. The largest absolute Gasteiger partial charge is 0.508 e. The number of H-pyrrole nitrogens is 1. The van der Waals surface area contributed by atoms with Crippen molar-refractivity contribution in [3.05, 3.63) is 53.4 Å². The van der Waals surface area contributed by atoms with E-state index in [9.17, 15) is 10.2 Å². The summed E-state index contributed by atoms with van der Waals surface area (Å²) in [5, 5.41) is 19.7. The predicted molar refractivity (Wildman–Crippen MR) is 90.2 cm³/mol. The molecular formula is C17H14N2O3S. The lowest BCUT2D eigenvalue weighted by atomic mass is 10.00. The lowest BCUT2D eigenvalue weighted by Gasteiger charge is -2.12. The molecule has 2 aromatic carbocycles. The highest BCUT2D eigenvalue weighted by molar-refractivity contribution is 7.71. The van der Waals surface area contributed by atoms with Crippen molar-refractivity contribution in [1.82, 2.24) is 9.97 Å². The molecule has 116 valence electrons. The molecule has 3 N–H and O–H groups in total. The molecule has 0 saturated carbocycles. The molecule has 0 aliphatic heterocycles. The number of ether oxygens (including phenoxy) is 1. The van der Waals surface area contributed by atoms with Crippen molar-refractivity contribution in [3.63, 3.8) is 0 Å². The number of aromatic hydroxyl groups is 2. The fourth-order valence-electron chi connectivity index (χ4n) is 2.32. The van der Waals surface area contributed by atoms with Gasteiger partial charge in [-0.05, 0) is 42.0 Å². The van der Waals surface area contributed by atoms with Crippen molar-refractivity contribution >= 4 is 12.2 Å². The summed E-state index contributed by atoms with van der Waals surface area (Å²) in [6, 6.07) is 11.8. The number of benzene rings is 2. The number of aromatic amines is 1. The van der Waals surface area contributed by atoms with Crippen LogP contribution in [0.4, 0.5) is 0 Å². The van der Waals surface area contributed by atoms with Crippen LogP contribution in [0, 0.1) is 4.77 Å². The maximum atomic E-state index is 10.3. The number of nitrogens with zero attached hydrogens (tertiary/aromatic N) is 1. The number of phenolic OH excluding ortho intramolecular Hbond substituents is 2. The van der Waals surface area contributed by atoms with Crippen LogP contribution in [0.3, 0.4) is 0 Å². The number of aromatic nitrogens is 2. The van der Waals surface area contributed by atoms with Crippen molar-refractivity contribution in [2.45, 2.75) is 0 Å². The van der Waals surface area contributed by atoms with Gasteiger partial charge in [-0.25, -0.2) is 4.98 Å². The molecule has 0 atom stereocenters. The molecule has 0 aliphatic rings. The molecule has 1 aromatic heterocycles. The Morgan fingerprint density at radius 2 is 1.78 bits per heavy atom. The zero-order valence-corrected chi connectivity index (χ0v) is 13.1. The van der Waals surface area contributed by atoms with Crippen LogP contribution in [-0.2, 0) is 0 Å². The van der Waals surface area contributed by atoms with Crippen LogP contribution in [0.25, 0.3) is 22.4 Å². The summed E-state index contributed by atoms with van der Waals surface area (Å²) in [6.07, 6.45) is 1.64. The lowest BCUT2D eigenvalue weighted by molar-refractivity contribution is 0.408. The topological polar surface area (TPSA) is 78.4 Å². The molecule has 23 heavy (non-hydrogen) atoms. The first-order valence-corrected chi connectivity index (χ1v) is 7.25. The molecule has 3 aromatic rings. The Labute approximate surface area is 137 Å². The SMILES string of the molecule is COc1ccc(-c2[nH]c(=S)ncc2-c2ccc(O)cc2)c(O)c1. The van der Waals surface area contributed by atoms with E-state index in [0.717, 1.165) is 11.1 Å². The van der Waals surface area contributed by atoms with Gasteiger partial charge in [0.05, 0.1) is 12.8 Å². The molecule has 0 bridgehead atoms. The summed E-state index contributed by atoms with van der Waals surface area (Å²) in [6.45, 7) is 0. The summed E-state index contributed by atoms with van der Waals surface area (Å²) in [7, 11) is 1.54. The van der Waals surface area contributed by atoms with Crippen molar-refractivity contribution < 1.29 is 14.9 Å². The van der Waals surface area contributed by atoms with Gasteiger partial charge in [-0.2, -0.15) is 0 Å². The van der Waals surface area contributed by atoms with Gasteiger partial charge in [0, 0.05) is 23.4 Å². The first kappa shape index (κ1) is 15.1. The highest BCUT2D eigenvalue weighted by Gasteiger charge is 2.13. The van der Waals surface area contributed by atoms with Gasteiger partial charge in [-0.15, -0.1) is 0 Å². The van der Waals surface area contributed by atoms with Crippen molar-refractivity contribution in [2.24, 2.45) is 0 Å². The summed E-state index contributed by atoms with van der Waals surface area (Å²) in [4.78, 5) is 7.14. The third-order valence-corrected chi connectivity index (χ3v) is 3.67. The second kappa shape index (κ2) is 6.10. The summed E-state index contributed by atoms with van der Waals surface area (Å²) >= 11 is 5.11. The van der Waals surface area contributed by atoms with Gasteiger partial charge >= 0.3 is 0 Å². The van der Waals surface area contributed by atoms with Crippen molar-refractivity contribution in [1.29, 1.82) is 0 Å². The number of methoxy groups -OCH3 is 1. The van der Waals surface area contributed by atoms with E-state index < -0.39 is 0 Å². The van der Waals surface area contributed by atoms with Crippen LogP contribution in [0.5, 0.6) is 17.2 Å². The van der Waals surface area contributed by atoms with Gasteiger partial charge in [-0.1, -0.05) is 12.1 Å². The van der Waals surface area contributed by atoms with Crippen LogP contribution >= 0.6 is 12.2 Å². The fourth-order valence-corrected chi connectivity index (χ4v) is 2.47. The van der Waals surface area contributed by atoms with Crippen molar-refractivity contribution in [3.8, 4) is 39.6 Å². The van der Waals surface area contributed by atoms with E-state index in [0.29, 0.717) is 21.8 Å². The van der Waals surface area contributed by atoms with E-state index >= 15 is 0 Å². The molecule has 3 rings (SSSR count). The molecule has 5 nitrogen and oxygen atoms in total. The normalized spacial score (nSPS) is 10.5. The summed E-state index contributed by atoms with van der Waals surface area (Å²) in [5.41, 5.74) is 2.84. The first-order valence-electron chi connectivity index (χ1n) is 6.84. The maximum Gasteiger partial charge on any atom is 0.197 e. The third-order valence-electron chi connectivity index (χ3n) is 3.46. The Kier molecular flexibility index (Phi) is 3.99. The van der Waals surface area contributed by atoms with Gasteiger partial charge < -0.3 is 19.9 Å². The Morgan fingerprint density at radius 3 is 2.43 bits per heavy atom. The average molecular weight is 326 g/mol. The minimum absolute atomic E-state index is 0.0706. The van der Waals surface area contributed by atoms with E-state index in [1.54, 1.807) is 42.6 Å². The molecular weight excluding hydrogens is 312 g/mol. The summed E-state index contributed by atoms with van der Waals surface area (Å²) in [5.74, 6) is 0.811. The Morgan fingerprint density at radius 1 is 1.04 bits per heavy atom. The summed E-state index contributed by atoms with van der Waals surface area (Å²) < 4.78 is 5.42. The van der Waals surface area contributed by atoms with E-state index in [-0.39, 0.29) is 11.5 Å². The predicted octanol–water partition coefficient (Wildman–Crippen LogP) is 3.89. The monoisotopic (exact) mass is 326 g/mol. The quantitative estimate of drug-likeness (QED) is 0.636. The number of rotatable bonds is 3. The van der Waals surface area contributed by atoms with Crippen LogP contribution in [0.1, 0.15) is 0 Å². The Bertz CT molecular complexity index is 904. The second-order valence-corrected chi connectivity index (χ2v) is 5.29. The fraction of sp³-hybridized carbons (Fsp3) is 0.0588. The van der Waals surface area contributed by atoms with Gasteiger partial charge in [-0.3, -0.25) is 0 Å². The highest BCUT2D eigenvalue weighted by atomic mass is 32.1. The number of hydrogen-bond donors (Lipinski definition) is 3. The smallest absolute Gasteiger partial charge is 0.197 e. The minimum atomic E-state index is 0.0706. The highest BCUT2D eigenvalue weighted by Crippen LogP contribution is 2.37. The maximum absolute atomic E-state index is 10.3. The van der Waals surface area contributed by atoms with E-state index in [1.807, 2.05) is 0 Å². The van der Waals surface area contributed by atoms with Gasteiger partial charge in [0.1, 0.15) is 17.2 Å². The molecule has 0 unspecified atom stereocenters. The van der Waals surface area contributed by atoms with Crippen LogP contribution in [0.15, 0.2) is 48.7 Å². The van der Waals surface area contributed by atoms with E-state index in [2.05, 4.69) is 9.97 Å². The lowest BCUT2D eigenvalue weighted by Crippen LogP contribution is -1.93. The number of hydrogen-bond acceptors (Lipinski definition) is 5. The standard InChI is InChI=1S/C17H14N2O3S/c1-22-12-6-7-13(15(21)8-12)16-14(9-18-17(23)19-16)10-2-4-11(20)5-3-10/h2-9,20-21H,1H3,(H,18,19,23). The van der Waals surface area contributed by atoms with Gasteiger partial charge in [0.2, 0.25) is 0 Å².